The molecule has 1 atom stereocenters. The quantitative estimate of drug-likeness (QED) is 0.924. The SMILES string of the molecule is CC(NC1CCOCC1)c1ccc(Br)cc1F. The highest BCUT2D eigenvalue weighted by atomic mass is 79.9. The number of benzene rings is 1. The first-order chi connectivity index (χ1) is 8.16. The molecule has 2 rings (SSSR count). The minimum absolute atomic E-state index is 0.0335. The lowest BCUT2D eigenvalue weighted by molar-refractivity contribution is 0.0753. The molecule has 0 aliphatic carbocycles. The van der Waals surface area contributed by atoms with Gasteiger partial charge >= 0.3 is 0 Å². The Bertz CT molecular complexity index is 380. The molecule has 0 spiro atoms. The van der Waals surface area contributed by atoms with E-state index in [-0.39, 0.29) is 11.9 Å². The number of halogens is 2. The average Bonchev–Trinajstić information content (AvgIpc) is 2.30. The molecule has 0 amide bonds. The van der Waals surface area contributed by atoms with Crippen LogP contribution in [-0.4, -0.2) is 19.3 Å². The summed E-state index contributed by atoms with van der Waals surface area (Å²) in [6.45, 7) is 3.60. The van der Waals surface area contributed by atoms with Crippen molar-refractivity contribution >= 4 is 15.9 Å². The maximum atomic E-state index is 13.8. The first kappa shape index (κ1) is 13.0. The van der Waals surface area contributed by atoms with E-state index in [2.05, 4.69) is 21.2 Å². The van der Waals surface area contributed by atoms with Gasteiger partial charge in [0, 0.05) is 35.3 Å². The Morgan fingerprint density at radius 3 is 2.76 bits per heavy atom. The zero-order valence-electron chi connectivity index (χ0n) is 9.88. The van der Waals surface area contributed by atoms with E-state index in [0.29, 0.717) is 6.04 Å². The molecule has 1 saturated heterocycles. The molecule has 1 unspecified atom stereocenters. The van der Waals surface area contributed by atoms with Crippen LogP contribution in [0.5, 0.6) is 0 Å². The fourth-order valence-corrected chi connectivity index (χ4v) is 2.49. The average molecular weight is 302 g/mol. The van der Waals surface area contributed by atoms with Gasteiger partial charge in [-0.05, 0) is 31.9 Å². The van der Waals surface area contributed by atoms with E-state index in [1.807, 2.05) is 19.1 Å². The van der Waals surface area contributed by atoms with Gasteiger partial charge in [-0.2, -0.15) is 0 Å². The molecule has 94 valence electrons. The third-order valence-corrected chi connectivity index (χ3v) is 3.63. The fraction of sp³-hybridized carbons (Fsp3) is 0.538. The number of nitrogens with one attached hydrogen (secondary N) is 1. The van der Waals surface area contributed by atoms with Crippen molar-refractivity contribution in [3.8, 4) is 0 Å². The van der Waals surface area contributed by atoms with Crippen LogP contribution in [-0.2, 0) is 4.74 Å². The molecular weight excluding hydrogens is 285 g/mol. The molecule has 0 aromatic heterocycles. The molecule has 17 heavy (non-hydrogen) atoms. The summed E-state index contributed by atoms with van der Waals surface area (Å²) in [5.74, 6) is -0.161. The van der Waals surface area contributed by atoms with Crippen LogP contribution >= 0.6 is 15.9 Å². The highest BCUT2D eigenvalue weighted by Gasteiger charge is 2.18. The van der Waals surface area contributed by atoms with Crippen LogP contribution in [0.15, 0.2) is 22.7 Å². The molecule has 1 aromatic carbocycles. The van der Waals surface area contributed by atoms with Crippen LogP contribution in [0.25, 0.3) is 0 Å². The van der Waals surface area contributed by atoms with Crippen molar-refractivity contribution in [3.05, 3.63) is 34.1 Å². The van der Waals surface area contributed by atoms with Gasteiger partial charge in [-0.3, -0.25) is 0 Å². The first-order valence-corrected chi connectivity index (χ1v) is 6.75. The van der Waals surface area contributed by atoms with Gasteiger partial charge in [0.25, 0.3) is 0 Å². The second-order valence-electron chi connectivity index (χ2n) is 4.44. The van der Waals surface area contributed by atoms with Crippen molar-refractivity contribution in [2.75, 3.05) is 13.2 Å². The third kappa shape index (κ3) is 3.50. The predicted octanol–water partition coefficient (Wildman–Crippen LogP) is 3.42. The van der Waals surface area contributed by atoms with Crippen molar-refractivity contribution in [1.29, 1.82) is 0 Å². The van der Waals surface area contributed by atoms with Crippen LogP contribution in [0.3, 0.4) is 0 Å². The molecule has 1 aliphatic heterocycles. The minimum atomic E-state index is -0.161. The van der Waals surface area contributed by atoms with Crippen molar-refractivity contribution in [2.24, 2.45) is 0 Å². The summed E-state index contributed by atoms with van der Waals surface area (Å²) in [7, 11) is 0. The standard InChI is InChI=1S/C13H17BrFNO/c1-9(16-11-4-6-17-7-5-11)12-3-2-10(14)8-13(12)15/h2-3,8-9,11,16H,4-7H2,1H3. The van der Waals surface area contributed by atoms with Gasteiger partial charge < -0.3 is 10.1 Å². The highest BCUT2D eigenvalue weighted by Crippen LogP contribution is 2.22. The molecule has 1 heterocycles. The topological polar surface area (TPSA) is 21.3 Å². The Labute approximate surface area is 110 Å². The van der Waals surface area contributed by atoms with E-state index in [9.17, 15) is 4.39 Å². The molecule has 1 fully saturated rings. The summed E-state index contributed by atoms with van der Waals surface area (Å²) >= 11 is 3.27. The molecule has 0 saturated carbocycles. The first-order valence-electron chi connectivity index (χ1n) is 5.95. The molecule has 4 heteroatoms. The Balaban J connectivity index is 2.00. The third-order valence-electron chi connectivity index (χ3n) is 3.14. The summed E-state index contributed by atoms with van der Waals surface area (Å²) in [5, 5.41) is 3.46. The number of hydrogen-bond donors (Lipinski definition) is 1. The Kier molecular flexibility index (Phi) is 4.54. The molecule has 2 nitrogen and oxygen atoms in total. The van der Waals surface area contributed by atoms with Gasteiger partial charge in [-0.25, -0.2) is 4.39 Å². The molecule has 1 aromatic rings. The summed E-state index contributed by atoms with van der Waals surface area (Å²) in [5.41, 5.74) is 0.722. The smallest absolute Gasteiger partial charge is 0.129 e. The van der Waals surface area contributed by atoms with E-state index >= 15 is 0 Å². The van der Waals surface area contributed by atoms with E-state index in [0.717, 1.165) is 36.1 Å². The van der Waals surface area contributed by atoms with E-state index in [1.165, 1.54) is 6.07 Å². The zero-order chi connectivity index (χ0) is 12.3. The summed E-state index contributed by atoms with van der Waals surface area (Å²) in [4.78, 5) is 0. The molecular formula is C13H17BrFNO. The van der Waals surface area contributed by atoms with Gasteiger partial charge in [0.1, 0.15) is 5.82 Å². The van der Waals surface area contributed by atoms with Crippen molar-refractivity contribution < 1.29 is 9.13 Å². The lowest BCUT2D eigenvalue weighted by Gasteiger charge is -2.27. The van der Waals surface area contributed by atoms with Crippen LogP contribution in [0.2, 0.25) is 0 Å². The van der Waals surface area contributed by atoms with Gasteiger partial charge in [-0.1, -0.05) is 22.0 Å². The van der Waals surface area contributed by atoms with Gasteiger partial charge in [0.05, 0.1) is 0 Å². The summed E-state index contributed by atoms with van der Waals surface area (Å²) in [6.07, 6.45) is 2.00. The second-order valence-corrected chi connectivity index (χ2v) is 5.36. The Hall–Kier alpha value is -0.450. The van der Waals surface area contributed by atoms with Crippen LogP contribution < -0.4 is 5.32 Å². The van der Waals surface area contributed by atoms with Crippen molar-refractivity contribution in [2.45, 2.75) is 31.8 Å². The van der Waals surface area contributed by atoms with E-state index in [1.54, 1.807) is 0 Å². The van der Waals surface area contributed by atoms with Crippen molar-refractivity contribution in [3.63, 3.8) is 0 Å². The Morgan fingerprint density at radius 1 is 1.41 bits per heavy atom. The normalized spacial score (nSPS) is 19.2. The lowest BCUT2D eigenvalue weighted by atomic mass is 10.0. The van der Waals surface area contributed by atoms with Crippen molar-refractivity contribution in [1.82, 2.24) is 5.32 Å². The van der Waals surface area contributed by atoms with E-state index in [4.69, 9.17) is 4.74 Å². The Morgan fingerprint density at radius 2 is 2.12 bits per heavy atom. The van der Waals surface area contributed by atoms with E-state index < -0.39 is 0 Å². The maximum absolute atomic E-state index is 13.8. The monoisotopic (exact) mass is 301 g/mol. The molecule has 0 radical (unpaired) electrons. The summed E-state index contributed by atoms with van der Waals surface area (Å²) < 4.78 is 19.8. The van der Waals surface area contributed by atoms with Gasteiger partial charge in [-0.15, -0.1) is 0 Å². The largest absolute Gasteiger partial charge is 0.381 e. The lowest BCUT2D eigenvalue weighted by Crippen LogP contribution is -2.36. The van der Waals surface area contributed by atoms with Crippen LogP contribution in [0.4, 0.5) is 4.39 Å². The molecule has 1 N–H and O–H groups in total. The molecule has 1 aliphatic rings. The molecule has 0 bridgehead atoms. The summed E-state index contributed by atoms with van der Waals surface area (Å²) in [6, 6.07) is 5.68. The fourth-order valence-electron chi connectivity index (χ4n) is 2.16. The van der Waals surface area contributed by atoms with Gasteiger partial charge in [0.2, 0.25) is 0 Å². The van der Waals surface area contributed by atoms with Crippen LogP contribution in [0, 0.1) is 5.82 Å². The maximum Gasteiger partial charge on any atom is 0.129 e. The number of ether oxygens (including phenoxy) is 1. The minimum Gasteiger partial charge on any atom is -0.381 e. The second kappa shape index (κ2) is 5.94. The predicted molar refractivity (Wildman–Crippen MR) is 69.5 cm³/mol. The van der Waals surface area contributed by atoms with Gasteiger partial charge in [0.15, 0.2) is 0 Å². The van der Waals surface area contributed by atoms with Crippen LogP contribution in [0.1, 0.15) is 31.4 Å². The highest BCUT2D eigenvalue weighted by molar-refractivity contribution is 9.10. The number of rotatable bonds is 3. The number of hydrogen-bond acceptors (Lipinski definition) is 2. The zero-order valence-corrected chi connectivity index (χ0v) is 11.5.